The van der Waals surface area contributed by atoms with E-state index in [0.717, 1.165) is 23.6 Å². The first-order chi connectivity index (χ1) is 14.4. The van der Waals surface area contributed by atoms with Crippen molar-refractivity contribution in [2.75, 3.05) is 20.3 Å². The zero-order valence-corrected chi connectivity index (χ0v) is 16.3. The van der Waals surface area contributed by atoms with Crippen LogP contribution in [0.25, 0.3) is 16.9 Å². The summed E-state index contributed by atoms with van der Waals surface area (Å²) >= 11 is 0. The van der Waals surface area contributed by atoms with Crippen LogP contribution in [0, 0.1) is 0 Å². The molecule has 1 N–H and O–H groups in total. The lowest BCUT2D eigenvalue weighted by Gasteiger charge is -2.11. The Labute approximate surface area is 171 Å². The van der Waals surface area contributed by atoms with Gasteiger partial charge in [0.05, 0.1) is 11.4 Å². The van der Waals surface area contributed by atoms with Crippen LogP contribution < -0.4 is 5.32 Å². The Morgan fingerprint density at radius 2 is 1.93 bits per heavy atom. The standard InChI is InChI=1S/C21H21F3N4O2/c1-30-12-3-2-11-26-20(29)15-6-8-17(9-7-15)28-19(21(22,23)24)13-18(27-28)16-5-4-10-25-14-16/h4-10,13-14H,2-3,11-12H2,1H3,(H,26,29). The molecule has 9 heteroatoms. The molecule has 2 aromatic heterocycles. The van der Waals surface area contributed by atoms with E-state index in [1.165, 1.54) is 36.7 Å². The van der Waals surface area contributed by atoms with Crippen molar-refractivity contribution in [3.8, 4) is 16.9 Å². The molecule has 6 nitrogen and oxygen atoms in total. The fraction of sp³-hybridized carbons (Fsp3) is 0.286. The molecule has 1 aromatic carbocycles. The van der Waals surface area contributed by atoms with Crippen molar-refractivity contribution in [2.45, 2.75) is 19.0 Å². The number of pyridine rings is 1. The molecule has 158 valence electrons. The normalized spacial score (nSPS) is 11.5. The first kappa shape index (κ1) is 21.5. The smallest absolute Gasteiger partial charge is 0.385 e. The zero-order valence-electron chi connectivity index (χ0n) is 16.3. The number of carbonyl (C=O) groups is 1. The van der Waals surface area contributed by atoms with Crippen molar-refractivity contribution < 1.29 is 22.7 Å². The van der Waals surface area contributed by atoms with Crippen molar-refractivity contribution in [3.05, 3.63) is 66.1 Å². The molecule has 0 bridgehead atoms. The SMILES string of the molecule is COCCCCNC(=O)c1ccc(-n2nc(-c3cccnc3)cc2C(F)(F)F)cc1. The minimum Gasteiger partial charge on any atom is -0.385 e. The number of rotatable bonds is 8. The van der Waals surface area contributed by atoms with Crippen molar-refractivity contribution in [1.29, 1.82) is 0 Å². The molecule has 0 aliphatic heterocycles. The number of halogens is 3. The van der Waals surface area contributed by atoms with Crippen LogP contribution in [0.2, 0.25) is 0 Å². The van der Waals surface area contributed by atoms with Gasteiger partial charge in [-0.15, -0.1) is 0 Å². The van der Waals surface area contributed by atoms with Crippen LogP contribution in [-0.2, 0) is 10.9 Å². The Hall–Kier alpha value is -3.20. The quantitative estimate of drug-likeness (QED) is 0.559. The van der Waals surface area contributed by atoms with Crippen LogP contribution in [-0.4, -0.2) is 40.9 Å². The Morgan fingerprint density at radius 3 is 2.57 bits per heavy atom. The molecular weight excluding hydrogens is 397 g/mol. The third-order valence-electron chi connectivity index (χ3n) is 4.39. The minimum atomic E-state index is -4.59. The van der Waals surface area contributed by atoms with Gasteiger partial charge in [0.15, 0.2) is 0 Å². The number of aromatic nitrogens is 3. The molecule has 0 unspecified atom stereocenters. The largest absolute Gasteiger partial charge is 0.433 e. The van der Waals surface area contributed by atoms with Gasteiger partial charge in [-0.1, -0.05) is 0 Å². The van der Waals surface area contributed by atoms with Gasteiger partial charge in [0, 0.05) is 43.8 Å². The summed E-state index contributed by atoms with van der Waals surface area (Å²) in [5, 5.41) is 6.89. The maximum absolute atomic E-state index is 13.5. The number of ether oxygens (including phenoxy) is 1. The predicted octanol–water partition coefficient (Wildman–Crippen LogP) is 4.11. The monoisotopic (exact) mass is 418 g/mol. The summed E-state index contributed by atoms with van der Waals surface area (Å²) in [6, 6.07) is 10.1. The highest BCUT2D eigenvalue weighted by molar-refractivity contribution is 5.94. The van der Waals surface area contributed by atoms with Gasteiger partial charge in [0.25, 0.3) is 5.91 Å². The van der Waals surface area contributed by atoms with E-state index >= 15 is 0 Å². The topological polar surface area (TPSA) is 69.0 Å². The molecule has 0 saturated heterocycles. The summed E-state index contributed by atoms with van der Waals surface area (Å²) < 4.78 is 46.4. The van der Waals surface area contributed by atoms with Gasteiger partial charge < -0.3 is 10.1 Å². The van der Waals surface area contributed by atoms with E-state index in [-0.39, 0.29) is 17.3 Å². The average molecular weight is 418 g/mol. The maximum atomic E-state index is 13.5. The second-order valence-corrected chi connectivity index (χ2v) is 6.57. The number of carbonyl (C=O) groups excluding carboxylic acids is 1. The molecule has 0 saturated carbocycles. The van der Waals surface area contributed by atoms with Gasteiger partial charge in [-0.25, -0.2) is 4.68 Å². The van der Waals surface area contributed by atoms with E-state index < -0.39 is 11.9 Å². The highest BCUT2D eigenvalue weighted by atomic mass is 19.4. The van der Waals surface area contributed by atoms with Gasteiger partial charge in [0.1, 0.15) is 5.69 Å². The molecule has 3 rings (SSSR count). The summed E-state index contributed by atoms with van der Waals surface area (Å²) in [5.41, 5.74) is 0.295. The second-order valence-electron chi connectivity index (χ2n) is 6.57. The molecule has 0 aliphatic carbocycles. The Kier molecular flexibility index (Phi) is 6.83. The molecule has 0 atom stereocenters. The molecule has 1 amide bonds. The lowest BCUT2D eigenvalue weighted by molar-refractivity contribution is -0.142. The number of nitrogens with zero attached hydrogens (tertiary/aromatic N) is 3. The first-order valence-electron chi connectivity index (χ1n) is 9.35. The highest BCUT2D eigenvalue weighted by Gasteiger charge is 2.36. The summed E-state index contributed by atoms with van der Waals surface area (Å²) in [6.07, 6.45) is -0.00333. The van der Waals surface area contributed by atoms with Crippen LogP contribution >= 0.6 is 0 Å². The number of amides is 1. The van der Waals surface area contributed by atoms with Crippen molar-refractivity contribution in [3.63, 3.8) is 0 Å². The number of nitrogens with one attached hydrogen (secondary N) is 1. The van der Waals surface area contributed by atoms with E-state index in [0.29, 0.717) is 24.3 Å². The summed E-state index contributed by atoms with van der Waals surface area (Å²) in [5.74, 6) is -0.286. The minimum absolute atomic E-state index is 0.160. The average Bonchev–Trinajstić information content (AvgIpc) is 3.20. The van der Waals surface area contributed by atoms with Gasteiger partial charge in [-0.3, -0.25) is 9.78 Å². The summed E-state index contributed by atoms with van der Waals surface area (Å²) in [6.45, 7) is 1.12. The number of alkyl halides is 3. The number of methoxy groups -OCH3 is 1. The van der Waals surface area contributed by atoms with Gasteiger partial charge in [-0.2, -0.15) is 18.3 Å². The Bertz CT molecular complexity index is 970. The predicted molar refractivity (Wildman–Crippen MR) is 105 cm³/mol. The molecular formula is C21H21F3N4O2. The van der Waals surface area contributed by atoms with Crippen LogP contribution in [0.1, 0.15) is 28.9 Å². The van der Waals surface area contributed by atoms with Crippen LogP contribution in [0.5, 0.6) is 0 Å². The van der Waals surface area contributed by atoms with Crippen LogP contribution in [0.4, 0.5) is 13.2 Å². The fourth-order valence-electron chi connectivity index (χ4n) is 2.86. The maximum Gasteiger partial charge on any atom is 0.433 e. The third-order valence-corrected chi connectivity index (χ3v) is 4.39. The van der Waals surface area contributed by atoms with Crippen molar-refractivity contribution in [1.82, 2.24) is 20.1 Å². The third kappa shape index (κ3) is 5.24. The van der Waals surface area contributed by atoms with E-state index in [2.05, 4.69) is 15.4 Å². The van der Waals surface area contributed by atoms with Gasteiger partial charge in [0.2, 0.25) is 0 Å². The Balaban J connectivity index is 1.80. The molecule has 0 spiro atoms. The molecule has 0 aliphatic rings. The van der Waals surface area contributed by atoms with Gasteiger partial charge in [-0.05, 0) is 55.3 Å². The number of unbranched alkanes of at least 4 members (excludes halogenated alkanes) is 1. The Morgan fingerprint density at radius 1 is 1.17 bits per heavy atom. The lowest BCUT2D eigenvalue weighted by atomic mass is 10.2. The fourth-order valence-corrected chi connectivity index (χ4v) is 2.86. The summed E-state index contributed by atoms with van der Waals surface area (Å²) in [7, 11) is 1.61. The molecule has 3 aromatic rings. The van der Waals surface area contributed by atoms with E-state index in [1.807, 2.05) is 0 Å². The van der Waals surface area contributed by atoms with E-state index in [4.69, 9.17) is 4.74 Å². The molecule has 0 fully saturated rings. The van der Waals surface area contributed by atoms with E-state index in [1.54, 1.807) is 19.2 Å². The van der Waals surface area contributed by atoms with Crippen molar-refractivity contribution in [2.24, 2.45) is 0 Å². The van der Waals surface area contributed by atoms with E-state index in [9.17, 15) is 18.0 Å². The highest BCUT2D eigenvalue weighted by Crippen LogP contribution is 2.33. The lowest BCUT2D eigenvalue weighted by Crippen LogP contribution is -2.24. The number of benzene rings is 1. The summed E-state index contributed by atoms with van der Waals surface area (Å²) in [4.78, 5) is 16.1. The van der Waals surface area contributed by atoms with Crippen molar-refractivity contribution >= 4 is 5.91 Å². The zero-order chi connectivity index (χ0) is 21.6. The van der Waals surface area contributed by atoms with Crippen LogP contribution in [0.15, 0.2) is 54.9 Å². The van der Waals surface area contributed by atoms with Gasteiger partial charge >= 0.3 is 6.18 Å². The first-order valence-corrected chi connectivity index (χ1v) is 9.35. The number of hydrogen-bond donors (Lipinski definition) is 1. The molecule has 2 heterocycles. The van der Waals surface area contributed by atoms with Crippen LogP contribution in [0.3, 0.4) is 0 Å². The molecule has 30 heavy (non-hydrogen) atoms. The second kappa shape index (κ2) is 9.53. The number of hydrogen-bond acceptors (Lipinski definition) is 4. The molecule has 0 radical (unpaired) electrons.